The standard InChI is InChI=1S/C34H26N3O.C11H8N.Ir/c1-34(2,3)28-20-35-21-29-31(28)36-33(37(29)24-13-8-5-9-14-24)27-16-10-15-26-25-18-17-23(19-30(25)38-32(26)27)22-11-6-4-7-12-22;1-2-6-10(7-3-1)11-8-4-5-9-12-11;/h4-15,17-21H,1-3H3;1-6,8-9H;/q2*-1;. The third kappa shape index (κ3) is 6.64. The fraction of sp³-hybridized carbons (Fsp3) is 0.0889. The number of furan rings is 1. The van der Waals surface area contributed by atoms with Gasteiger partial charge in [0.05, 0.1) is 28.6 Å². The molecule has 6 heteroatoms. The molecule has 0 unspecified atom stereocenters. The molecule has 9 rings (SSSR count). The molecule has 0 aliphatic heterocycles. The number of para-hydroxylation sites is 1. The number of hydrogen-bond donors (Lipinski definition) is 0. The van der Waals surface area contributed by atoms with Crippen molar-refractivity contribution < 1.29 is 24.5 Å². The Balaban J connectivity index is 0.000000265. The van der Waals surface area contributed by atoms with E-state index in [9.17, 15) is 0 Å². The Kier molecular flexibility index (Phi) is 9.46. The summed E-state index contributed by atoms with van der Waals surface area (Å²) >= 11 is 0. The maximum Gasteiger partial charge on any atom is 0.121 e. The smallest absolute Gasteiger partial charge is 0.121 e. The number of rotatable bonds is 4. The second-order valence-electron chi connectivity index (χ2n) is 13.2. The molecule has 0 amide bonds. The molecule has 4 aromatic heterocycles. The van der Waals surface area contributed by atoms with Crippen LogP contribution < -0.4 is 0 Å². The van der Waals surface area contributed by atoms with Gasteiger partial charge in [-0.25, -0.2) is 0 Å². The summed E-state index contributed by atoms with van der Waals surface area (Å²) in [6, 6.07) is 51.4. The van der Waals surface area contributed by atoms with Crippen LogP contribution in [0.15, 0.2) is 156 Å². The maximum atomic E-state index is 6.58. The molecular weight excluding hydrogens is 805 g/mol. The Hall–Kier alpha value is -5.68. The zero-order valence-electron chi connectivity index (χ0n) is 28.5. The number of imidazole rings is 1. The first-order valence-corrected chi connectivity index (χ1v) is 16.7. The predicted molar refractivity (Wildman–Crippen MR) is 203 cm³/mol. The van der Waals surface area contributed by atoms with Gasteiger partial charge in [-0.05, 0) is 46.5 Å². The van der Waals surface area contributed by atoms with Gasteiger partial charge in [-0.15, -0.1) is 54.1 Å². The van der Waals surface area contributed by atoms with Crippen molar-refractivity contribution in [1.82, 2.24) is 19.5 Å². The van der Waals surface area contributed by atoms with E-state index in [0.717, 1.165) is 78.0 Å². The molecule has 51 heavy (non-hydrogen) atoms. The molecule has 0 atom stereocenters. The Bertz CT molecular complexity index is 2520. The molecule has 0 aliphatic carbocycles. The van der Waals surface area contributed by atoms with Crippen molar-refractivity contribution in [2.45, 2.75) is 26.2 Å². The summed E-state index contributed by atoms with van der Waals surface area (Å²) in [4.78, 5) is 14.1. The van der Waals surface area contributed by atoms with Gasteiger partial charge in [-0.1, -0.05) is 105 Å². The number of fused-ring (bicyclic) bond motifs is 4. The summed E-state index contributed by atoms with van der Waals surface area (Å²) in [6.07, 6.45) is 5.63. The van der Waals surface area contributed by atoms with Gasteiger partial charge in [0, 0.05) is 49.1 Å². The Morgan fingerprint density at radius 2 is 1.45 bits per heavy atom. The summed E-state index contributed by atoms with van der Waals surface area (Å²) in [7, 11) is 0. The van der Waals surface area contributed by atoms with Crippen LogP contribution in [0.3, 0.4) is 0 Å². The van der Waals surface area contributed by atoms with Crippen molar-refractivity contribution >= 4 is 33.0 Å². The van der Waals surface area contributed by atoms with Gasteiger partial charge in [0.15, 0.2) is 0 Å². The third-order valence-electron chi connectivity index (χ3n) is 8.80. The van der Waals surface area contributed by atoms with Crippen LogP contribution in [0.4, 0.5) is 0 Å². The van der Waals surface area contributed by atoms with E-state index < -0.39 is 0 Å². The number of pyridine rings is 2. The van der Waals surface area contributed by atoms with Crippen LogP contribution in [0.2, 0.25) is 0 Å². The van der Waals surface area contributed by atoms with Crippen LogP contribution in [-0.4, -0.2) is 19.5 Å². The first-order chi connectivity index (χ1) is 24.5. The van der Waals surface area contributed by atoms with E-state index in [4.69, 9.17) is 9.40 Å². The molecule has 0 saturated carbocycles. The average molecular weight is 839 g/mol. The summed E-state index contributed by atoms with van der Waals surface area (Å²) in [6.45, 7) is 6.59. The van der Waals surface area contributed by atoms with Gasteiger partial charge >= 0.3 is 0 Å². The van der Waals surface area contributed by atoms with Gasteiger partial charge in [0.1, 0.15) is 5.58 Å². The van der Waals surface area contributed by atoms with E-state index >= 15 is 0 Å². The van der Waals surface area contributed by atoms with Crippen molar-refractivity contribution in [3.63, 3.8) is 0 Å². The van der Waals surface area contributed by atoms with E-state index in [2.05, 4.69) is 108 Å². The third-order valence-corrected chi connectivity index (χ3v) is 8.80. The fourth-order valence-electron chi connectivity index (χ4n) is 6.34. The minimum absolute atomic E-state index is 0. The molecular formula is C45H34IrN4O-2. The zero-order valence-corrected chi connectivity index (χ0v) is 30.9. The molecule has 4 heterocycles. The van der Waals surface area contributed by atoms with E-state index in [1.165, 1.54) is 0 Å². The first kappa shape index (κ1) is 33.8. The van der Waals surface area contributed by atoms with Crippen molar-refractivity contribution in [2.75, 3.05) is 0 Å². The van der Waals surface area contributed by atoms with Gasteiger partial charge in [0.25, 0.3) is 0 Å². The number of aromatic nitrogens is 4. The number of nitrogens with zero attached hydrogens (tertiary/aromatic N) is 4. The van der Waals surface area contributed by atoms with Crippen molar-refractivity contribution in [3.8, 4) is 39.5 Å². The molecule has 251 valence electrons. The van der Waals surface area contributed by atoms with E-state index in [-0.39, 0.29) is 25.5 Å². The van der Waals surface area contributed by atoms with Crippen molar-refractivity contribution in [3.05, 3.63) is 170 Å². The van der Waals surface area contributed by atoms with Crippen LogP contribution >= 0.6 is 0 Å². The summed E-state index contributed by atoms with van der Waals surface area (Å²) in [5.74, 6) is 0.789. The van der Waals surface area contributed by atoms with Crippen LogP contribution in [0.5, 0.6) is 0 Å². The van der Waals surface area contributed by atoms with Crippen molar-refractivity contribution in [1.29, 1.82) is 0 Å². The van der Waals surface area contributed by atoms with Gasteiger partial charge in [-0.2, -0.15) is 0 Å². The van der Waals surface area contributed by atoms with E-state index in [0.29, 0.717) is 0 Å². The van der Waals surface area contributed by atoms with Gasteiger partial charge < -0.3 is 14.0 Å². The van der Waals surface area contributed by atoms with Crippen molar-refractivity contribution in [2.24, 2.45) is 0 Å². The largest absolute Gasteiger partial charge is 0.501 e. The topological polar surface area (TPSA) is 56.7 Å². The van der Waals surface area contributed by atoms with Gasteiger partial charge in [0.2, 0.25) is 0 Å². The normalized spacial score (nSPS) is 11.3. The Morgan fingerprint density at radius 3 is 2.18 bits per heavy atom. The molecule has 0 aliphatic rings. The van der Waals surface area contributed by atoms with Crippen LogP contribution in [0, 0.1) is 12.1 Å². The minimum Gasteiger partial charge on any atom is -0.501 e. The Morgan fingerprint density at radius 1 is 0.686 bits per heavy atom. The summed E-state index contributed by atoms with van der Waals surface area (Å²) in [5, 5.41) is 2.13. The molecule has 5 aromatic carbocycles. The second kappa shape index (κ2) is 14.3. The quantitative estimate of drug-likeness (QED) is 0.166. The average Bonchev–Trinajstić information content (AvgIpc) is 3.75. The summed E-state index contributed by atoms with van der Waals surface area (Å²) < 4.78 is 8.76. The second-order valence-corrected chi connectivity index (χ2v) is 13.2. The monoisotopic (exact) mass is 839 g/mol. The molecule has 0 N–H and O–H groups in total. The van der Waals surface area contributed by atoms with Gasteiger partial charge in [-0.3, -0.25) is 9.97 Å². The molecule has 0 saturated heterocycles. The van der Waals surface area contributed by atoms with Crippen LogP contribution in [0.25, 0.3) is 72.4 Å². The molecule has 9 aromatic rings. The van der Waals surface area contributed by atoms with Crippen LogP contribution in [0.1, 0.15) is 26.3 Å². The fourth-order valence-corrected chi connectivity index (χ4v) is 6.34. The number of hydrogen-bond acceptors (Lipinski definition) is 4. The predicted octanol–water partition coefficient (Wildman–Crippen LogP) is 11.3. The number of benzene rings is 5. The SMILES string of the molecule is CC(C)(C)c1cncc2c1nc(-c1[c-]ccc3c1oc1cc(-c4ccccc4)ccc13)n2-c1ccccc1.[Ir].[c-]1ccccc1-c1ccccn1. The molecule has 1 radical (unpaired) electrons. The molecule has 5 nitrogen and oxygen atoms in total. The molecule has 0 bridgehead atoms. The zero-order chi connectivity index (χ0) is 34.1. The minimum atomic E-state index is -0.109. The van der Waals surface area contributed by atoms with Crippen LogP contribution in [-0.2, 0) is 25.5 Å². The first-order valence-electron chi connectivity index (χ1n) is 16.7. The molecule has 0 fully saturated rings. The Labute approximate surface area is 311 Å². The maximum absolute atomic E-state index is 6.58. The summed E-state index contributed by atoms with van der Waals surface area (Å²) in [5.41, 5.74) is 10.7. The van der Waals surface area contributed by atoms with E-state index in [1.807, 2.05) is 85.2 Å². The van der Waals surface area contributed by atoms with E-state index in [1.54, 1.807) is 6.20 Å². The molecule has 0 spiro atoms.